The lowest BCUT2D eigenvalue weighted by Crippen LogP contribution is -2.25. The highest BCUT2D eigenvalue weighted by Crippen LogP contribution is 2.22. The molecule has 10 heteroatoms. The number of nitrogens with one attached hydrogen (secondary N) is 1. The van der Waals surface area contributed by atoms with Crippen molar-refractivity contribution in [3.8, 4) is 0 Å². The summed E-state index contributed by atoms with van der Waals surface area (Å²) in [5.74, 6) is -1.85. The van der Waals surface area contributed by atoms with Crippen molar-refractivity contribution in [2.45, 2.75) is 33.7 Å². The van der Waals surface area contributed by atoms with Gasteiger partial charge in [-0.15, -0.1) is 0 Å². The molecule has 9 nitrogen and oxygen atoms in total. The van der Waals surface area contributed by atoms with E-state index in [1.165, 1.54) is 26.0 Å². The van der Waals surface area contributed by atoms with Crippen LogP contribution in [0.1, 0.15) is 45.9 Å². The van der Waals surface area contributed by atoms with Crippen LogP contribution >= 0.6 is 0 Å². The first kappa shape index (κ1) is 22.9. The predicted octanol–water partition coefficient (Wildman–Crippen LogP) is 2.18. The van der Waals surface area contributed by atoms with Crippen molar-refractivity contribution in [1.82, 2.24) is 14.9 Å². The van der Waals surface area contributed by atoms with Crippen LogP contribution in [0, 0.1) is 12.7 Å². The number of aryl methyl sites for hydroxylation is 1. The summed E-state index contributed by atoms with van der Waals surface area (Å²) in [5.41, 5.74) is -0.282. The zero-order chi connectivity index (χ0) is 23.4. The van der Waals surface area contributed by atoms with Crippen molar-refractivity contribution in [2.24, 2.45) is 0 Å². The van der Waals surface area contributed by atoms with Gasteiger partial charge in [0.15, 0.2) is 5.78 Å². The van der Waals surface area contributed by atoms with Crippen molar-refractivity contribution in [1.29, 1.82) is 0 Å². The molecule has 2 heterocycles. The molecule has 0 bridgehead atoms. The number of Topliss-reactive ketones (excluding diaryl/α,β-unsaturated/α-hetero) is 1. The van der Waals surface area contributed by atoms with Crippen LogP contribution in [0.25, 0.3) is 11.1 Å². The van der Waals surface area contributed by atoms with Crippen LogP contribution in [0.5, 0.6) is 0 Å². The highest BCUT2D eigenvalue weighted by molar-refractivity contribution is 6.03. The number of ketones is 1. The van der Waals surface area contributed by atoms with E-state index in [1.807, 2.05) is 0 Å². The Morgan fingerprint density at radius 1 is 1.28 bits per heavy atom. The fourth-order valence-electron chi connectivity index (χ4n) is 3.24. The molecular formula is C22H22FN3O6. The highest BCUT2D eigenvalue weighted by atomic mass is 19.1. The van der Waals surface area contributed by atoms with E-state index in [2.05, 4.69) is 10.3 Å². The number of carbonyl (C=O) groups is 3. The Balaban J connectivity index is 1.85. The third kappa shape index (κ3) is 4.74. The number of rotatable bonds is 8. The minimum absolute atomic E-state index is 0.0317. The highest BCUT2D eigenvalue weighted by Gasteiger charge is 2.24. The molecule has 0 aliphatic heterocycles. The quantitative estimate of drug-likeness (QED) is 0.418. The van der Waals surface area contributed by atoms with Gasteiger partial charge in [-0.2, -0.15) is 0 Å². The topological polar surface area (TPSA) is 120 Å². The maximum atomic E-state index is 14.4. The molecule has 168 valence electrons. The number of esters is 1. The van der Waals surface area contributed by atoms with E-state index < -0.39 is 29.7 Å². The van der Waals surface area contributed by atoms with Gasteiger partial charge in [0.05, 0.1) is 13.2 Å². The van der Waals surface area contributed by atoms with Crippen LogP contribution in [0.3, 0.4) is 0 Å². The van der Waals surface area contributed by atoms with Gasteiger partial charge >= 0.3 is 5.97 Å². The zero-order valence-electron chi connectivity index (χ0n) is 17.9. The smallest absolute Gasteiger partial charge is 0.342 e. The molecule has 1 amide bonds. The predicted molar refractivity (Wildman–Crippen MR) is 112 cm³/mol. The Hall–Kier alpha value is -3.82. The maximum Gasteiger partial charge on any atom is 0.342 e. The van der Waals surface area contributed by atoms with E-state index >= 15 is 0 Å². The minimum Gasteiger partial charge on any atom is -0.462 e. The number of nitrogens with zero attached hydrogens (tertiary/aromatic N) is 2. The van der Waals surface area contributed by atoms with E-state index in [9.17, 15) is 23.6 Å². The van der Waals surface area contributed by atoms with Gasteiger partial charge in [-0.05, 0) is 31.9 Å². The van der Waals surface area contributed by atoms with Gasteiger partial charge in [0.2, 0.25) is 11.6 Å². The van der Waals surface area contributed by atoms with Gasteiger partial charge in [0, 0.05) is 19.0 Å². The average Bonchev–Trinajstić information content (AvgIpc) is 3.08. The first-order valence-electron chi connectivity index (χ1n) is 9.94. The molecule has 1 N–H and O–H groups in total. The van der Waals surface area contributed by atoms with Gasteiger partial charge in [0.1, 0.15) is 28.9 Å². The van der Waals surface area contributed by atoms with Crippen LogP contribution in [0.2, 0.25) is 0 Å². The first-order chi connectivity index (χ1) is 15.2. The second-order valence-corrected chi connectivity index (χ2v) is 7.07. The van der Waals surface area contributed by atoms with Crippen molar-refractivity contribution in [3.05, 3.63) is 63.1 Å². The summed E-state index contributed by atoms with van der Waals surface area (Å²) in [4.78, 5) is 52.8. The van der Waals surface area contributed by atoms with Crippen LogP contribution in [-0.4, -0.2) is 40.4 Å². The van der Waals surface area contributed by atoms with Crippen molar-refractivity contribution < 1.29 is 27.9 Å². The SMILES string of the molecule is CCOC(=O)c1c(C)oc2ncn(CC(=O)c3ccc(CCNC(C)=O)c(F)c3)c(=O)c12. The van der Waals surface area contributed by atoms with E-state index in [0.29, 0.717) is 5.56 Å². The fourth-order valence-corrected chi connectivity index (χ4v) is 3.24. The zero-order valence-corrected chi connectivity index (χ0v) is 17.9. The first-order valence-corrected chi connectivity index (χ1v) is 9.94. The lowest BCUT2D eigenvalue weighted by molar-refractivity contribution is -0.118. The van der Waals surface area contributed by atoms with Crippen LogP contribution in [0.15, 0.2) is 33.7 Å². The number of hydrogen-bond acceptors (Lipinski definition) is 7. The summed E-state index contributed by atoms with van der Waals surface area (Å²) in [6, 6.07) is 4.01. The Morgan fingerprint density at radius 3 is 2.69 bits per heavy atom. The van der Waals surface area contributed by atoms with Gasteiger partial charge in [0.25, 0.3) is 5.56 Å². The van der Waals surface area contributed by atoms with Crippen molar-refractivity contribution >= 4 is 28.8 Å². The van der Waals surface area contributed by atoms with Crippen LogP contribution in [0.4, 0.5) is 4.39 Å². The Morgan fingerprint density at radius 2 is 2.03 bits per heavy atom. The largest absolute Gasteiger partial charge is 0.462 e. The van der Waals surface area contributed by atoms with Gasteiger partial charge in [-0.1, -0.05) is 12.1 Å². The number of halogens is 1. The molecule has 0 aliphatic carbocycles. The molecule has 0 radical (unpaired) electrons. The number of carbonyl (C=O) groups excluding carboxylic acids is 3. The number of furan rings is 1. The second-order valence-electron chi connectivity index (χ2n) is 7.07. The lowest BCUT2D eigenvalue weighted by atomic mass is 10.1. The van der Waals surface area contributed by atoms with Gasteiger partial charge in [-0.25, -0.2) is 14.2 Å². The molecule has 1 aromatic carbocycles. The summed E-state index contributed by atoms with van der Waals surface area (Å²) in [5, 5.41) is 2.50. The average molecular weight is 443 g/mol. The molecular weight excluding hydrogens is 421 g/mol. The van der Waals surface area contributed by atoms with E-state index in [0.717, 1.165) is 17.0 Å². The molecule has 0 spiro atoms. The fraction of sp³-hybridized carbons (Fsp3) is 0.318. The molecule has 3 aromatic rings. The lowest BCUT2D eigenvalue weighted by Gasteiger charge is -2.08. The monoisotopic (exact) mass is 443 g/mol. The number of hydrogen-bond donors (Lipinski definition) is 1. The Kier molecular flexibility index (Phi) is 6.82. The number of benzene rings is 1. The molecule has 0 unspecified atom stereocenters. The Bertz CT molecular complexity index is 1260. The summed E-state index contributed by atoms with van der Waals surface area (Å²) < 4.78 is 25.8. The molecule has 0 aliphatic rings. The number of amides is 1. The van der Waals surface area contributed by atoms with E-state index in [1.54, 1.807) is 6.92 Å². The number of ether oxygens (including phenoxy) is 1. The molecule has 0 saturated heterocycles. The van der Waals surface area contributed by atoms with Crippen molar-refractivity contribution in [2.75, 3.05) is 13.2 Å². The molecule has 3 rings (SSSR count). The normalized spacial score (nSPS) is 10.9. The second kappa shape index (κ2) is 9.54. The van der Waals surface area contributed by atoms with Crippen molar-refractivity contribution in [3.63, 3.8) is 0 Å². The summed E-state index contributed by atoms with van der Waals surface area (Å²) in [6.45, 7) is 4.50. The molecule has 0 saturated carbocycles. The minimum atomic E-state index is -0.719. The van der Waals surface area contributed by atoms with E-state index in [4.69, 9.17) is 9.15 Å². The molecule has 32 heavy (non-hydrogen) atoms. The molecule has 0 fully saturated rings. The standard InChI is InChI=1S/C22H22FN3O6/c1-4-31-22(30)18-12(2)32-20-19(18)21(29)26(11-25-20)10-17(28)15-6-5-14(16(23)9-15)7-8-24-13(3)27/h5-6,9,11H,4,7-8,10H2,1-3H3,(H,24,27). The summed E-state index contributed by atoms with van der Waals surface area (Å²) in [6.07, 6.45) is 1.41. The van der Waals surface area contributed by atoms with Gasteiger partial charge < -0.3 is 14.5 Å². The number of fused-ring (bicyclic) bond motifs is 1. The number of aromatic nitrogens is 2. The maximum absolute atomic E-state index is 14.4. The van der Waals surface area contributed by atoms with E-state index in [-0.39, 0.29) is 53.5 Å². The summed E-state index contributed by atoms with van der Waals surface area (Å²) in [7, 11) is 0. The van der Waals surface area contributed by atoms with Crippen LogP contribution < -0.4 is 10.9 Å². The molecule has 0 atom stereocenters. The van der Waals surface area contributed by atoms with Gasteiger partial charge in [-0.3, -0.25) is 19.0 Å². The summed E-state index contributed by atoms with van der Waals surface area (Å²) >= 11 is 0. The Labute approximate surface area is 182 Å². The third-order valence-electron chi connectivity index (χ3n) is 4.79. The van der Waals surface area contributed by atoms with Crippen LogP contribution in [-0.2, 0) is 22.5 Å². The molecule has 2 aromatic heterocycles. The third-order valence-corrected chi connectivity index (χ3v) is 4.79.